The average molecular weight is 310 g/mol. The van der Waals surface area contributed by atoms with E-state index in [2.05, 4.69) is 27.3 Å². The van der Waals surface area contributed by atoms with Crippen molar-refractivity contribution in [1.82, 2.24) is 0 Å². The molecule has 3 rings (SSSR count). The molecule has 1 aliphatic carbocycles. The van der Waals surface area contributed by atoms with E-state index in [0.29, 0.717) is 11.8 Å². The molecule has 2 aliphatic rings. The first kappa shape index (κ1) is 12.0. The van der Waals surface area contributed by atoms with Gasteiger partial charge in [0.25, 0.3) is 0 Å². The van der Waals surface area contributed by atoms with E-state index < -0.39 is 0 Å². The molecule has 0 spiro atoms. The number of amides is 1. The second kappa shape index (κ2) is 4.57. The normalized spacial score (nSPS) is 19.9. The number of nitrogens with one attached hydrogen (secondary N) is 1. The van der Waals surface area contributed by atoms with Crippen LogP contribution >= 0.6 is 15.9 Å². The van der Waals surface area contributed by atoms with E-state index in [4.69, 9.17) is 4.74 Å². The van der Waals surface area contributed by atoms with E-state index in [9.17, 15) is 4.79 Å². The SMILES string of the molecule is O=C1CCc2cc(OCC3(CBr)CC3)ccc2N1. The molecule has 1 fully saturated rings. The molecule has 1 N–H and O–H groups in total. The summed E-state index contributed by atoms with van der Waals surface area (Å²) < 4.78 is 5.87. The van der Waals surface area contributed by atoms with Crippen LogP contribution in [0.5, 0.6) is 5.75 Å². The van der Waals surface area contributed by atoms with Crippen molar-refractivity contribution < 1.29 is 9.53 Å². The minimum atomic E-state index is 0.104. The van der Waals surface area contributed by atoms with Gasteiger partial charge in [0.1, 0.15) is 5.75 Å². The Kier molecular flexibility index (Phi) is 3.06. The predicted octanol–water partition coefficient (Wildman–Crippen LogP) is 3.13. The number of anilines is 1. The smallest absolute Gasteiger partial charge is 0.224 e. The molecule has 0 unspecified atom stereocenters. The fourth-order valence-corrected chi connectivity index (χ4v) is 2.90. The van der Waals surface area contributed by atoms with Gasteiger partial charge in [-0.3, -0.25) is 4.79 Å². The van der Waals surface area contributed by atoms with E-state index >= 15 is 0 Å². The van der Waals surface area contributed by atoms with Gasteiger partial charge < -0.3 is 10.1 Å². The molecule has 0 atom stereocenters. The maximum absolute atomic E-state index is 11.3. The number of ether oxygens (including phenoxy) is 1. The highest BCUT2D eigenvalue weighted by molar-refractivity contribution is 9.09. The van der Waals surface area contributed by atoms with Gasteiger partial charge in [-0.15, -0.1) is 0 Å². The van der Waals surface area contributed by atoms with Crippen LogP contribution in [0.3, 0.4) is 0 Å². The van der Waals surface area contributed by atoms with Crippen molar-refractivity contribution in [2.24, 2.45) is 5.41 Å². The van der Waals surface area contributed by atoms with Crippen LogP contribution in [0, 0.1) is 5.41 Å². The van der Waals surface area contributed by atoms with Gasteiger partial charge in [-0.2, -0.15) is 0 Å². The Morgan fingerprint density at radius 3 is 2.89 bits per heavy atom. The number of carbonyl (C=O) groups is 1. The standard InChI is InChI=1S/C14H16BrNO2/c15-8-14(5-6-14)9-18-11-2-3-12-10(7-11)1-4-13(17)16-12/h2-3,7H,1,4-6,8-9H2,(H,16,17). The number of hydrogen-bond donors (Lipinski definition) is 1. The van der Waals surface area contributed by atoms with Crippen LogP contribution in [0.1, 0.15) is 24.8 Å². The zero-order valence-electron chi connectivity index (χ0n) is 10.2. The summed E-state index contributed by atoms with van der Waals surface area (Å²) in [5, 5.41) is 3.90. The lowest BCUT2D eigenvalue weighted by Crippen LogP contribution is -2.19. The number of halogens is 1. The lowest BCUT2D eigenvalue weighted by atomic mass is 10.0. The third-order valence-electron chi connectivity index (χ3n) is 3.76. The first-order valence-electron chi connectivity index (χ1n) is 6.32. The topological polar surface area (TPSA) is 38.3 Å². The molecule has 0 radical (unpaired) electrons. The van der Waals surface area contributed by atoms with E-state index in [1.54, 1.807) is 0 Å². The Bertz CT molecular complexity index is 483. The van der Waals surface area contributed by atoms with Gasteiger partial charge in [0.05, 0.1) is 6.61 Å². The van der Waals surface area contributed by atoms with Crippen LogP contribution in [-0.2, 0) is 11.2 Å². The number of fused-ring (bicyclic) bond motifs is 1. The maximum Gasteiger partial charge on any atom is 0.224 e. The highest BCUT2D eigenvalue weighted by Crippen LogP contribution is 2.47. The minimum absolute atomic E-state index is 0.104. The zero-order chi connectivity index (χ0) is 12.6. The largest absolute Gasteiger partial charge is 0.493 e. The number of rotatable bonds is 4. The van der Waals surface area contributed by atoms with Gasteiger partial charge in [-0.05, 0) is 43.0 Å². The Morgan fingerprint density at radius 2 is 2.17 bits per heavy atom. The number of carbonyl (C=O) groups excluding carboxylic acids is 1. The average Bonchev–Trinajstić information content (AvgIpc) is 3.17. The first-order valence-corrected chi connectivity index (χ1v) is 7.45. The fourth-order valence-electron chi connectivity index (χ4n) is 2.18. The van der Waals surface area contributed by atoms with Crippen molar-refractivity contribution in [3.8, 4) is 5.75 Å². The molecule has 1 amide bonds. The molecular formula is C14H16BrNO2. The van der Waals surface area contributed by atoms with Crippen molar-refractivity contribution in [3.63, 3.8) is 0 Å². The van der Waals surface area contributed by atoms with Crippen molar-refractivity contribution in [2.75, 3.05) is 17.3 Å². The van der Waals surface area contributed by atoms with Crippen molar-refractivity contribution in [2.45, 2.75) is 25.7 Å². The third-order valence-corrected chi connectivity index (χ3v) is 4.95. The van der Waals surface area contributed by atoms with Crippen LogP contribution in [0.25, 0.3) is 0 Å². The Balaban J connectivity index is 1.69. The fraction of sp³-hybridized carbons (Fsp3) is 0.500. The van der Waals surface area contributed by atoms with E-state index in [-0.39, 0.29) is 5.91 Å². The van der Waals surface area contributed by atoms with Crippen molar-refractivity contribution in [3.05, 3.63) is 23.8 Å². The highest BCUT2D eigenvalue weighted by atomic mass is 79.9. The van der Waals surface area contributed by atoms with Gasteiger partial charge >= 0.3 is 0 Å². The van der Waals surface area contributed by atoms with Gasteiger partial charge in [0.2, 0.25) is 5.91 Å². The van der Waals surface area contributed by atoms with Crippen LogP contribution in [0.2, 0.25) is 0 Å². The summed E-state index contributed by atoms with van der Waals surface area (Å²) in [5.74, 6) is 1.02. The molecule has 1 aromatic rings. The number of aryl methyl sites for hydroxylation is 1. The Labute approximate surface area is 115 Å². The molecular weight excluding hydrogens is 294 g/mol. The lowest BCUT2D eigenvalue weighted by Gasteiger charge is -2.19. The molecule has 96 valence electrons. The summed E-state index contributed by atoms with van der Waals surface area (Å²) in [4.78, 5) is 11.3. The molecule has 1 heterocycles. The molecule has 18 heavy (non-hydrogen) atoms. The quantitative estimate of drug-likeness (QED) is 0.868. The molecule has 0 aromatic heterocycles. The maximum atomic E-state index is 11.3. The van der Waals surface area contributed by atoms with E-state index in [0.717, 1.165) is 29.8 Å². The van der Waals surface area contributed by atoms with Gasteiger partial charge in [0.15, 0.2) is 0 Å². The van der Waals surface area contributed by atoms with E-state index in [1.165, 1.54) is 18.4 Å². The minimum Gasteiger partial charge on any atom is -0.493 e. The van der Waals surface area contributed by atoms with Crippen LogP contribution in [0.15, 0.2) is 18.2 Å². The van der Waals surface area contributed by atoms with Gasteiger partial charge in [0, 0.05) is 22.9 Å². The third kappa shape index (κ3) is 2.39. The summed E-state index contributed by atoms with van der Waals surface area (Å²) in [7, 11) is 0. The monoisotopic (exact) mass is 309 g/mol. The first-order chi connectivity index (χ1) is 8.71. The van der Waals surface area contributed by atoms with Crippen LogP contribution in [0.4, 0.5) is 5.69 Å². The molecule has 3 nitrogen and oxygen atoms in total. The van der Waals surface area contributed by atoms with Crippen LogP contribution < -0.4 is 10.1 Å². The Hall–Kier alpha value is -1.03. The Morgan fingerprint density at radius 1 is 1.33 bits per heavy atom. The van der Waals surface area contributed by atoms with Crippen molar-refractivity contribution >= 4 is 27.5 Å². The summed E-state index contributed by atoms with van der Waals surface area (Å²) in [6, 6.07) is 5.93. The van der Waals surface area contributed by atoms with Gasteiger partial charge in [-0.1, -0.05) is 15.9 Å². The molecule has 1 aromatic carbocycles. The highest BCUT2D eigenvalue weighted by Gasteiger charge is 2.42. The second-order valence-electron chi connectivity index (χ2n) is 5.29. The molecule has 1 saturated carbocycles. The second-order valence-corrected chi connectivity index (χ2v) is 5.85. The summed E-state index contributed by atoms with van der Waals surface area (Å²) in [5.41, 5.74) is 2.47. The number of benzene rings is 1. The molecule has 0 saturated heterocycles. The number of hydrogen-bond acceptors (Lipinski definition) is 2. The zero-order valence-corrected chi connectivity index (χ0v) is 11.8. The molecule has 0 bridgehead atoms. The van der Waals surface area contributed by atoms with E-state index in [1.807, 2.05) is 12.1 Å². The molecule has 1 aliphatic heterocycles. The summed E-state index contributed by atoms with van der Waals surface area (Å²) >= 11 is 3.55. The summed E-state index contributed by atoms with van der Waals surface area (Å²) in [6.45, 7) is 0.781. The summed E-state index contributed by atoms with van der Waals surface area (Å²) in [6.07, 6.45) is 3.88. The lowest BCUT2D eigenvalue weighted by molar-refractivity contribution is -0.116. The molecule has 4 heteroatoms. The van der Waals surface area contributed by atoms with Crippen molar-refractivity contribution in [1.29, 1.82) is 0 Å². The predicted molar refractivity (Wildman–Crippen MR) is 74.3 cm³/mol. The van der Waals surface area contributed by atoms with Crippen LogP contribution in [-0.4, -0.2) is 17.8 Å². The number of alkyl halides is 1. The van der Waals surface area contributed by atoms with Gasteiger partial charge in [-0.25, -0.2) is 0 Å².